The lowest BCUT2D eigenvalue weighted by Gasteiger charge is -2.32. The molecule has 1 N–H and O–H groups in total. The Balaban J connectivity index is 1.29. The number of likely N-dealkylation sites (tertiary alicyclic amines) is 1. The monoisotopic (exact) mass is 395 g/mol. The summed E-state index contributed by atoms with van der Waals surface area (Å²) in [5.41, 5.74) is 2.46. The predicted molar refractivity (Wildman–Crippen MR) is 109 cm³/mol. The number of amides is 1. The van der Waals surface area contributed by atoms with Crippen LogP contribution in [-0.2, 0) is 6.54 Å². The second-order valence-electron chi connectivity index (χ2n) is 7.09. The van der Waals surface area contributed by atoms with E-state index in [-0.39, 0.29) is 11.9 Å². The van der Waals surface area contributed by atoms with Gasteiger partial charge in [-0.25, -0.2) is 0 Å². The van der Waals surface area contributed by atoms with Crippen LogP contribution in [0.2, 0.25) is 5.02 Å². The fraction of sp³-hybridized carbons (Fsp3) is 0.273. The van der Waals surface area contributed by atoms with E-state index in [9.17, 15) is 4.79 Å². The molecule has 0 bridgehead atoms. The van der Waals surface area contributed by atoms with Crippen molar-refractivity contribution in [3.8, 4) is 11.3 Å². The van der Waals surface area contributed by atoms with E-state index in [0.717, 1.165) is 38.0 Å². The summed E-state index contributed by atoms with van der Waals surface area (Å²) in [5.74, 6) is 0.366. The third-order valence-electron chi connectivity index (χ3n) is 5.04. The molecule has 0 radical (unpaired) electrons. The SMILES string of the molecule is O=C(NC1CCN(Cc2ccccc2)CC1)c1cc(-c2ccc(Cl)cc2)on1. The number of rotatable bonds is 5. The Morgan fingerprint density at radius 2 is 1.82 bits per heavy atom. The molecule has 0 spiro atoms. The Bertz CT molecular complexity index is 916. The molecule has 1 aliphatic rings. The molecule has 1 amide bonds. The molecular weight excluding hydrogens is 374 g/mol. The third-order valence-corrected chi connectivity index (χ3v) is 5.30. The third kappa shape index (κ3) is 4.61. The Morgan fingerprint density at radius 1 is 1.11 bits per heavy atom. The standard InChI is InChI=1S/C22H22ClN3O2/c23-18-8-6-17(7-9-18)21-14-20(25-28-21)22(27)24-19-10-12-26(13-11-19)15-16-4-2-1-3-5-16/h1-9,14,19H,10-13,15H2,(H,24,27). The van der Waals surface area contributed by atoms with Crippen LogP contribution in [0.25, 0.3) is 11.3 Å². The molecule has 1 saturated heterocycles. The maximum atomic E-state index is 12.5. The molecule has 28 heavy (non-hydrogen) atoms. The number of carbonyl (C=O) groups is 1. The highest BCUT2D eigenvalue weighted by molar-refractivity contribution is 6.30. The van der Waals surface area contributed by atoms with Gasteiger partial charge < -0.3 is 9.84 Å². The minimum absolute atomic E-state index is 0.162. The van der Waals surface area contributed by atoms with Crippen molar-refractivity contribution in [3.05, 3.63) is 76.9 Å². The summed E-state index contributed by atoms with van der Waals surface area (Å²) >= 11 is 5.90. The number of nitrogens with one attached hydrogen (secondary N) is 1. The molecule has 2 aromatic carbocycles. The molecule has 0 aliphatic carbocycles. The number of piperidine rings is 1. The van der Waals surface area contributed by atoms with Crippen LogP contribution in [0.3, 0.4) is 0 Å². The molecule has 144 valence electrons. The van der Waals surface area contributed by atoms with E-state index in [1.807, 2.05) is 18.2 Å². The Hall–Kier alpha value is -2.63. The Kier molecular flexibility index (Phi) is 5.74. The molecule has 6 heteroatoms. The molecule has 2 heterocycles. The molecule has 0 atom stereocenters. The van der Waals surface area contributed by atoms with E-state index in [2.05, 4.69) is 39.6 Å². The number of nitrogens with zero attached hydrogens (tertiary/aromatic N) is 2. The van der Waals surface area contributed by atoms with Gasteiger partial charge in [-0.15, -0.1) is 0 Å². The second kappa shape index (κ2) is 8.59. The van der Waals surface area contributed by atoms with Gasteiger partial charge in [0.2, 0.25) is 0 Å². The molecule has 5 nitrogen and oxygen atoms in total. The summed E-state index contributed by atoms with van der Waals surface area (Å²) in [5, 5.41) is 7.66. The van der Waals surface area contributed by atoms with E-state index < -0.39 is 0 Å². The lowest BCUT2D eigenvalue weighted by Crippen LogP contribution is -2.44. The summed E-state index contributed by atoms with van der Waals surface area (Å²) in [6.45, 7) is 2.89. The first-order valence-electron chi connectivity index (χ1n) is 9.47. The smallest absolute Gasteiger partial charge is 0.273 e. The second-order valence-corrected chi connectivity index (χ2v) is 7.53. The van der Waals surface area contributed by atoms with Crippen molar-refractivity contribution in [2.75, 3.05) is 13.1 Å². The van der Waals surface area contributed by atoms with E-state index >= 15 is 0 Å². The summed E-state index contributed by atoms with van der Waals surface area (Å²) < 4.78 is 5.32. The van der Waals surface area contributed by atoms with Gasteiger partial charge in [0, 0.05) is 42.3 Å². The number of hydrogen-bond acceptors (Lipinski definition) is 4. The summed E-state index contributed by atoms with van der Waals surface area (Å²) in [6, 6.07) is 19.5. The topological polar surface area (TPSA) is 58.4 Å². The van der Waals surface area contributed by atoms with Gasteiger partial charge in [0.1, 0.15) is 0 Å². The maximum absolute atomic E-state index is 12.5. The average molecular weight is 396 g/mol. The minimum atomic E-state index is -0.189. The van der Waals surface area contributed by atoms with Crippen molar-refractivity contribution in [1.29, 1.82) is 0 Å². The first kappa shape index (κ1) is 18.7. The van der Waals surface area contributed by atoms with Crippen molar-refractivity contribution in [3.63, 3.8) is 0 Å². The fourth-order valence-corrected chi connectivity index (χ4v) is 3.59. The zero-order valence-electron chi connectivity index (χ0n) is 15.5. The van der Waals surface area contributed by atoms with E-state index in [1.165, 1.54) is 5.56 Å². The van der Waals surface area contributed by atoms with E-state index in [1.54, 1.807) is 18.2 Å². The number of carbonyl (C=O) groups excluding carboxylic acids is 1. The highest BCUT2D eigenvalue weighted by atomic mass is 35.5. The van der Waals surface area contributed by atoms with E-state index in [0.29, 0.717) is 16.5 Å². The van der Waals surface area contributed by atoms with Gasteiger partial charge in [0.15, 0.2) is 11.5 Å². The molecule has 0 saturated carbocycles. The Morgan fingerprint density at radius 3 is 2.54 bits per heavy atom. The minimum Gasteiger partial charge on any atom is -0.355 e. The molecular formula is C22H22ClN3O2. The molecule has 1 aromatic heterocycles. The summed E-state index contributed by atoms with van der Waals surface area (Å²) in [7, 11) is 0. The van der Waals surface area contributed by atoms with Crippen LogP contribution in [0.5, 0.6) is 0 Å². The number of halogens is 1. The maximum Gasteiger partial charge on any atom is 0.273 e. The van der Waals surface area contributed by atoms with Crippen LogP contribution >= 0.6 is 11.6 Å². The summed E-state index contributed by atoms with van der Waals surface area (Å²) in [6.07, 6.45) is 1.86. The summed E-state index contributed by atoms with van der Waals surface area (Å²) in [4.78, 5) is 14.9. The van der Waals surface area contributed by atoms with Gasteiger partial charge in [-0.05, 0) is 42.7 Å². The van der Waals surface area contributed by atoms with Crippen molar-refractivity contribution in [2.45, 2.75) is 25.4 Å². The van der Waals surface area contributed by atoms with Gasteiger partial charge in [-0.3, -0.25) is 9.69 Å². The largest absolute Gasteiger partial charge is 0.355 e. The lowest BCUT2D eigenvalue weighted by atomic mass is 10.0. The van der Waals surface area contributed by atoms with E-state index in [4.69, 9.17) is 16.1 Å². The van der Waals surface area contributed by atoms with Crippen LogP contribution < -0.4 is 5.32 Å². The highest BCUT2D eigenvalue weighted by Gasteiger charge is 2.22. The van der Waals surface area contributed by atoms with Crippen LogP contribution in [0, 0.1) is 0 Å². The first-order valence-corrected chi connectivity index (χ1v) is 9.85. The molecule has 1 fully saturated rings. The Labute approximate surface area is 169 Å². The number of hydrogen-bond donors (Lipinski definition) is 1. The van der Waals surface area contributed by atoms with Gasteiger partial charge in [-0.2, -0.15) is 0 Å². The van der Waals surface area contributed by atoms with Crippen molar-refractivity contribution in [1.82, 2.24) is 15.4 Å². The predicted octanol–water partition coefficient (Wildman–Crippen LogP) is 4.39. The van der Waals surface area contributed by atoms with Crippen LogP contribution in [-0.4, -0.2) is 35.1 Å². The van der Waals surface area contributed by atoms with Crippen LogP contribution in [0.1, 0.15) is 28.9 Å². The molecule has 4 rings (SSSR count). The fourth-order valence-electron chi connectivity index (χ4n) is 3.47. The zero-order chi connectivity index (χ0) is 19.3. The van der Waals surface area contributed by atoms with Crippen molar-refractivity contribution >= 4 is 17.5 Å². The number of benzene rings is 2. The van der Waals surface area contributed by atoms with Crippen LogP contribution in [0.4, 0.5) is 0 Å². The van der Waals surface area contributed by atoms with Gasteiger partial charge in [0.05, 0.1) is 0 Å². The first-order chi connectivity index (χ1) is 13.7. The van der Waals surface area contributed by atoms with Crippen molar-refractivity contribution in [2.24, 2.45) is 0 Å². The molecule has 3 aromatic rings. The molecule has 1 aliphatic heterocycles. The van der Waals surface area contributed by atoms with Crippen molar-refractivity contribution < 1.29 is 9.32 Å². The highest BCUT2D eigenvalue weighted by Crippen LogP contribution is 2.22. The lowest BCUT2D eigenvalue weighted by molar-refractivity contribution is 0.0900. The normalized spacial score (nSPS) is 15.5. The van der Waals surface area contributed by atoms with Crippen LogP contribution in [0.15, 0.2) is 65.2 Å². The molecule has 0 unspecified atom stereocenters. The van der Waals surface area contributed by atoms with Gasteiger partial charge in [-0.1, -0.05) is 47.1 Å². The van der Waals surface area contributed by atoms with Gasteiger partial charge in [0.25, 0.3) is 5.91 Å². The quantitative estimate of drug-likeness (QED) is 0.696. The average Bonchev–Trinajstić information content (AvgIpc) is 3.21. The number of aromatic nitrogens is 1. The zero-order valence-corrected chi connectivity index (χ0v) is 16.2. The van der Waals surface area contributed by atoms with Gasteiger partial charge >= 0.3 is 0 Å².